The number of allylic oxidation sites excluding steroid dienone is 2. The molecule has 2 atom stereocenters. The van der Waals surface area contributed by atoms with Crippen LogP contribution in [0.3, 0.4) is 0 Å². The molecular formula is C21H31NO2. The van der Waals surface area contributed by atoms with Crippen LogP contribution < -0.4 is 15.5 Å². The fourth-order valence-electron chi connectivity index (χ4n) is 4.38. The third kappa shape index (κ3) is 3.19. The largest absolute Gasteiger partial charge is 0.487 e. The molecule has 2 aliphatic rings. The van der Waals surface area contributed by atoms with Gasteiger partial charge in [-0.05, 0) is 64.2 Å². The molecule has 1 heterocycles. The third-order valence-corrected chi connectivity index (χ3v) is 5.71. The topological polar surface area (TPSA) is 44.5 Å². The lowest BCUT2D eigenvalue weighted by atomic mass is 9.68. The minimum atomic E-state index is -0.164. The van der Waals surface area contributed by atoms with E-state index in [2.05, 4.69) is 45.9 Å². The van der Waals surface area contributed by atoms with Crippen LogP contribution in [-0.4, -0.2) is 5.60 Å². The highest BCUT2D eigenvalue weighted by molar-refractivity contribution is 5.54. The third-order valence-electron chi connectivity index (χ3n) is 5.71. The molecule has 0 amide bonds. The van der Waals surface area contributed by atoms with Gasteiger partial charge < -0.3 is 9.57 Å². The van der Waals surface area contributed by atoms with Crippen molar-refractivity contribution in [1.29, 1.82) is 0 Å². The molecule has 0 aromatic heterocycles. The second kappa shape index (κ2) is 6.79. The zero-order valence-corrected chi connectivity index (χ0v) is 15.5. The Bertz CT molecular complexity index is 633. The lowest BCUT2D eigenvalue weighted by Crippen LogP contribution is -2.45. The molecule has 132 valence electrons. The van der Waals surface area contributed by atoms with Gasteiger partial charge >= 0.3 is 0 Å². The molecule has 1 aliphatic heterocycles. The maximum absolute atomic E-state index is 6.45. The van der Waals surface area contributed by atoms with E-state index in [1.54, 1.807) is 0 Å². The molecule has 0 saturated carbocycles. The normalized spacial score (nSPS) is 24.5. The first kappa shape index (κ1) is 17.3. The van der Waals surface area contributed by atoms with Crippen LogP contribution in [0.5, 0.6) is 11.5 Å². The van der Waals surface area contributed by atoms with Crippen molar-refractivity contribution < 1.29 is 9.57 Å². The van der Waals surface area contributed by atoms with Crippen LogP contribution in [-0.2, 0) is 6.42 Å². The molecule has 3 rings (SSSR count). The van der Waals surface area contributed by atoms with Crippen LogP contribution in [0.25, 0.3) is 0 Å². The average molecular weight is 329 g/mol. The number of hydrogen-bond donors (Lipinski definition) is 1. The second-order valence-electron chi connectivity index (χ2n) is 7.97. The summed E-state index contributed by atoms with van der Waals surface area (Å²) in [6.07, 6.45) is 9.41. The van der Waals surface area contributed by atoms with Gasteiger partial charge in [0.25, 0.3) is 0 Å². The Morgan fingerprint density at radius 1 is 1.29 bits per heavy atom. The lowest BCUT2D eigenvalue weighted by molar-refractivity contribution is 0.0104. The van der Waals surface area contributed by atoms with Gasteiger partial charge in [0.15, 0.2) is 5.75 Å². The van der Waals surface area contributed by atoms with Crippen molar-refractivity contribution in [3.05, 3.63) is 34.9 Å². The Labute approximate surface area is 146 Å². The van der Waals surface area contributed by atoms with E-state index in [9.17, 15) is 0 Å². The number of ether oxygens (including phenoxy) is 1. The van der Waals surface area contributed by atoms with E-state index in [0.717, 1.165) is 36.3 Å². The molecule has 24 heavy (non-hydrogen) atoms. The summed E-state index contributed by atoms with van der Waals surface area (Å²) < 4.78 is 6.45. The molecule has 0 saturated heterocycles. The smallest absolute Gasteiger partial charge is 0.154 e. The molecule has 0 unspecified atom stereocenters. The van der Waals surface area contributed by atoms with Gasteiger partial charge in [-0.25, -0.2) is 0 Å². The van der Waals surface area contributed by atoms with E-state index in [1.807, 2.05) is 0 Å². The SMILES string of the molecule is CCCCCc1cc(ON)c2c(c1)OC(C)(C)[C@@H]1CCC(C)=C[C@@H]21. The number of hydrogen-bond acceptors (Lipinski definition) is 3. The predicted molar refractivity (Wildman–Crippen MR) is 98.4 cm³/mol. The highest BCUT2D eigenvalue weighted by Gasteiger charge is 2.45. The van der Waals surface area contributed by atoms with Crippen molar-refractivity contribution in [2.45, 2.75) is 77.7 Å². The second-order valence-corrected chi connectivity index (χ2v) is 7.97. The summed E-state index contributed by atoms with van der Waals surface area (Å²) in [6, 6.07) is 4.33. The zero-order valence-electron chi connectivity index (χ0n) is 15.5. The first-order chi connectivity index (χ1) is 11.5. The average Bonchev–Trinajstić information content (AvgIpc) is 2.53. The maximum Gasteiger partial charge on any atom is 0.154 e. The van der Waals surface area contributed by atoms with E-state index < -0.39 is 0 Å². The van der Waals surface area contributed by atoms with Gasteiger partial charge in [0.2, 0.25) is 0 Å². The van der Waals surface area contributed by atoms with E-state index >= 15 is 0 Å². The number of nitrogens with two attached hydrogens (primary N) is 1. The summed E-state index contributed by atoms with van der Waals surface area (Å²) >= 11 is 0. The summed E-state index contributed by atoms with van der Waals surface area (Å²) in [5.74, 6) is 8.19. The van der Waals surface area contributed by atoms with Crippen LogP contribution in [0.15, 0.2) is 23.8 Å². The molecule has 1 aliphatic carbocycles. The fourth-order valence-corrected chi connectivity index (χ4v) is 4.38. The molecule has 0 radical (unpaired) electrons. The minimum absolute atomic E-state index is 0.164. The molecule has 3 heteroatoms. The summed E-state index contributed by atoms with van der Waals surface area (Å²) in [4.78, 5) is 5.30. The molecule has 0 fully saturated rings. The molecule has 3 nitrogen and oxygen atoms in total. The Hall–Kier alpha value is -1.48. The molecule has 0 spiro atoms. The molecule has 1 aromatic rings. The number of aryl methyl sites for hydroxylation is 1. The number of rotatable bonds is 5. The minimum Gasteiger partial charge on any atom is -0.487 e. The van der Waals surface area contributed by atoms with E-state index in [4.69, 9.17) is 15.5 Å². The standard InChI is InChI=1S/C21H31NO2/c1-5-6-7-8-15-12-18-20(19(13-15)24-22)16-11-14(2)9-10-17(16)21(3,4)23-18/h11-13,16-17H,5-10,22H2,1-4H3/t16-,17-/m1/s1. The van der Waals surface area contributed by atoms with Crippen molar-refractivity contribution in [2.75, 3.05) is 0 Å². The van der Waals surface area contributed by atoms with Crippen molar-refractivity contribution in [3.63, 3.8) is 0 Å². The molecule has 1 aromatic carbocycles. The Balaban J connectivity index is 2.03. The van der Waals surface area contributed by atoms with E-state index in [1.165, 1.54) is 30.4 Å². The fraction of sp³-hybridized carbons (Fsp3) is 0.619. The van der Waals surface area contributed by atoms with Crippen LogP contribution in [0.1, 0.15) is 76.8 Å². The van der Waals surface area contributed by atoms with Gasteiger partial charge in [0.05, 0.1) is 0 Å². The van der Waals surface area contributed by atoms with Crippen molar-refractivity contribution in [2.24, 2.45) is 11.8 Å². The Morgan fingerprint density at radius 3 is 2.79 bits per heavy atom. The predicted octanol–water partition coefficient (Wildman–Crippen LogP) is 5.28. The van der Waals surface area contributed by atoms with Gasteiger partial charge in [0, 0.05) is 17.4 Å². The van der Waals surface area contributed by atoms with Crippen molar-refractivity contribution >= 4 is 0 Å². The molecular weight excluding hydrogens is 298 g/mol. The zero-order chi connectivity index (χ0) is 17.3. The van der Waals surface area contributed by atoms with E-state index in [0.29, 0.717) is 11.8 Å². The highest BCUT2D eigenvalue weighted by atomic mass is 16.6. The van der Waals surface area contributed by atoms with Crippen LogP contribution in [0.4, 0.5) is 0 Å². The molecule has 2 N–H and O–H groups in total. The number of benzene rings is 1. The van der Waals surface area contributed by atoms with Crippen molar-refractivity contribution in [1.82, 2.24) is 0 Å². The number of unbranched alkanes of at least 4 members (excludes halogenated alkanes) is 2. The number of fused-ring (bicyclic) bond motifs is 3. The van der Waals surface area contributed by atoms with Crippen LogP contribution in [0.2, 0.25) is 0 Å². The summed E-state index contributed by atoms with van der Waals surface area (Å²) in [5.41, 5.74) is 3.69. The summed E-state index contributed by atoms with van der Waals surface area (Å²) in [7, 11) is 0. The van der Waals surface area contributed by atoms with Crippen LogP contribution in [0, 0.1) is 5.92 Å². The van der Waals surface area contributed by atoms with Crippen molar-refractivity contribution in [3.8, 4) is 11.5 Å². The maximum atomic E-state index is 6.45. The lowest BCUT2D eigenvalue weighted by Gasteiger charge is -2.46. The summed E-state index contributed by atoms with van der Waals surface area (Å²) in [6.45, 7) is 8.88. The first-order valence-electron chi connectivity index (χ1n) is 9.36. The molecule has 0 bridgehead atoms. The van der Waals surface area contributed by atoms with Gasteiger partial charge in [-0.1, -0.05) is 31.4 Å². The van der Waals surface area contributed by atoms with Gasteiger partial charge in [-0.15, -0.1) is 0 Å². The Kier molecular flexibility index (Phi) is 4.91. The van der Waals surface area contributed by atoms with Crippen LogP contribution >= 0.6 is 0 Å². The first-order valence-corrected chi connectivity index (χ1v) is 9.36. The van der Waals surface area contributed by atoms with Gasteiger partial charge in [0.1, 0.15) is 11.4 Å². The Morgan fingerprint density at radius 2 is 2.08 bits per heavy atom. The van der Waals surface area contributed by atoms with Gasteiger partial charge in [-0.3, -0.25) is 0 Å². The van der Waals surface area contributed by atoms with Gasteiger partial charge in [-0.2, -0.15) is 5.90 Å². The van der Waals surface area contributed by atoms with E-state index in [-0.39, 0.29) is 5.60 Å². The highest BCUT2D eigenvalue weighted by Crippen LogP contribution is 2.53. The monoisotopic (exact) mass is 329 g/mol. The quantitative estimate of drug-likeness (QED) is 0.454. The summed E-state index contributed by atoms with van der Waals surface area (Å²) in [5, 5.41) is 0.